The first kappa shape index (κ1) is 28.9. The lowest BCUT2D eigenvalue weighted by atomic mass is 10.1. The summed E-state index contributed by atoms with van der Waals surface area (Å²) in [6, 6.07) is -5.01. The summed E-state index contributed by atoms with van der Waals surface area (Å²) in [5.41, 5.74) is 11.9. The fraction of sp³-hybridized carbons (Fsp3) is 0.579. The number of rotatable bonds is 16. The minimum atomic E-state index is -1.70. The molecule has 0 spiro atoms. The average molecular weight is 502 g/mol. The number of carbonyl (C=O) groups excluding carboxylic acids is 3. The number of H-pyrrole nitrogens is 1. The number of unbranched alkanes of at least 4 members (excludes halogenated alkanes) is 1. The van der Waals surface area contributed by atoms with Gasteiger partial charge in [-0.25, -0.2) is 9.78 Å². The van der Waals surface area contributed by atoms with Crippen LogP contribution in [0.4, 0.5) is 0 Å². The van der Waals surface area contributed by atoms with Crippen LogP contribution in [0.25, 0.3) is 0 Å². The van der Waals surface area contributed by atoms with Crippen LogP contribution < -0.4 is 27.4 Å². The van der Waals surface area contributed by atoms with Crippen LogP contribution in [-0.4, -0.2) is 86.3 Å². The highest BCUT2D eigenvalue weighted by Gasteiger charge is 2.30. The van der Waals surface area contributed by atoms with Gasteiger partial charge in [0.2, 0.25) is 17.7 Å². The van der Waals surface area contributed by atoms with Gasteiger partial charge in [0.25, 0.3) is 0 Å². The number of nitrogens with one attached hydrogen (secondary N) is 4. The number of aliphatic carboxylic acids is 2. The van der Waals surface area contributed by atoms with Crippen molar-refractivity contribution in [3.8, 4) is 0 Å². The number of carboxylic acid groups (broad SMARTS) is 2. The number of hydrogen-bond acceptors (Lipinski definition) is 9. The van der Waals surface area contributed by atoms with Gasteiger partial charge < -0.3 is 42.6 Å². The maximum absolute atomic E-state index is 12.9. The average Bonchev–Trinajstić information content (AvgIpc) is 3.29. The van der Waals surface area contributed by atoms with E-state index in [0.717, 1.165) is 0 Å². The fourth-order valence-corrected chi connectivity index (χ4v) is 3.11. The number of carboxylic acids is 2. The summed E-state index contributed by atoms with van der Waals surface area (Å²) in [5, 5.41) is 24.9. The number of hydrogen-bond donors (Lipinski definition) is 9. The van der Waals surface area contributed by atoms with Crippen LogP contribution in [0.5, 0.6) is 0 Å². The number of aromatic amines is 1. The zero-order chi connectivity index (χ0) is 25.7. The molecular weight excluding hydrogens is 470 g/mol. The van der Waals surface area contributed by atoms with E-state index in [1.165, 1.54) is 12.5 Å². The third kappa shape index (κ3) is 10.2. The first-order valence-electron chi connectivity index (χ1n) is 10.5. The predicted molar refractivity (Wildman–Crippen MR) is 123 cm³/mol. The second-order valence-corrected chi connectivity index (χ2v) is 7.84. The number of imidazole rings is 1. The largest absolute Gasteiger partial charge is 0.481 e. The summed E-state index contributed by atoms with van der Waals surface area (Å²) >= 11 is 4.01. The Kier molecular flexibility index (Phi) is 12.6. The highest BCUT2D eigenvalue weighted by atomic mass is 32.1. The van der Waals surface area contributed by atoms with Gasteiger partial charge in [-0.3, -0.25) is 19.2 Å². The molecule has 1 aromatic rings. The number of nitrogens with two attached hydrogens (primary N) is 2. The van der Waals surface area contributed by atoms with Gasteiger partial charge in [-0.2, -0.15) is 12.6 Å². The van der Waals surface area contributed by atoms with Gasteiger partial charge in [-0.15, -0.1) is 0 Å². The van der Waals surface area contributed by atoms with Crippen molar-refractivity contribution in [2.45, 2.75) is 56.3 Å². The first-order chi connectivity index (χ1) is 16.1. The van der Waals surface area contributed by atoms with E-state index < -0.39 is 60.2 Å². The molecule has 0 aromatic carbocycles. The van der Waals surface area contributed by atoms with Crippen LogP contribution in [-0.2, 0) is 30.4 Å². The van der Waals surface area contributed by atoms with Crippen LogP contribution in [0, 0.1) is 0 Å². The Balaban J connectivity index is 2.89. The Labute approximate surface area is 201 Å². The molecule has 0 saturated carbocycles. The van der Waals surface area contributed by atoms with Gasteiger partial charge in [-0.1, -0.05) is 6.42 Å². The molecule has 14 nitrogen and oxygen atoms in total. The summed E-state index contributed by atoms with van der Waals surface area (Å²) in [6.07, 6.45) is 3.69. The van der Waals surface area contributed by atoms with Crippen molar-refractivity contribution in [3.05, 3.63) is 18.2 Å². The van der Waals surface area contributed by atoms with Crippen molar-refractivity contribution in [1.29, 1.82) is 0 Å². The van der Waals surface area contributed by atoms with E-state index in [-0.39, 0.29) is 12.2 Å². The van der Waals surface area contributed by atoms with E-state index in [1.54, 1.807) is 0 Å². The summed E-state index contributed by atoms with van der Waals surface area (Å²) in [7, 11) is 0. The lowest BCUT2D eigenvalue weighted by Gasteiger charge is -2.24. The SMILES string of the molecule is NCCCCC(N)C(=O)NC(Cc1cnc[nH]1)C(=O)NC(CS)C(=O)NC(CC(=O)O)C(=O)O. The van der Waals surface area contributed by atoms with Crippen LogP contribution in [0.2, 0.25) is 0 Å². The van der Waals surface area contributed by atoms with Gasteiger partial charge >= 0.3 is 11.9 Å². The molecule has 0 saturated heterocycles. The van der Waals surface area contributed by atoms with E-state index in [0.29, 0.717) is 31.5 Å². The fourth-order valence-electron chi connectivity index (χ4n) is 2.86. The zero-order valence-electron chi connectivity index (χ0n) is 18.4. The molecule has 3 amide bonds. The number of amides is 3. The highest BCUT2D eigenvalue weighted by Crippen LogP contribution is 2.04. The molecule has 0 fully saturated rings. The van der Waals surface area contributed by atoms with Crippen molar-refractivity contribution in [2.75, 3.05) is 12.3 Å². The maximum atomic E-state index is 12.9. The zero-order valence-corrected chi connectivity index (χ0v) is 19.3. The number of carbonyl (C=O) groups is 5. The molecule has 0 aliphatic heterocycles. The second kappa shape index (κ2) is 14.9. The smallest absolute Gasteiger partial charge is 0.326 e. The molecule has 10 N–H and O–H groups in total. The minimum absolute atomic E-state index is 0.00473. The third-order valence-corrected chi connectivity index (χ3v) is 5.09. The summed E-state index contributed by atoms with van der Waals surface area (Å²) in [5.74, 6) is -5.47. The molecule has 34 heavy (non-hydrogen) atoms. The molecule has 0 radical (unpaired) electrons. The number of thiol groups is 1. The molecule has 0 bridgehead atoms. The van der Waals surface area contributed by atoms with Gasteiger partial charge in [0.15, 0.2) is 0 Å². The normalized spacial score (nSPS) is 14.3. The van der Waals surface area contributed by atoms with Gasteiger partial charge in [0.1, 0.15) is 18.1 Å². The standard InChI is InChI=1S/C19H31N7O7S/c20-4-2-1-3-11(21)16(29)24-12(5-10-7-22-9-23-10)17(30)26-14(8-34)18(31)25-13(19(32)33)6-15(27)28/h7,9,11-14,34H,1-6,8,20-21H2,(H,22,23)(H,24,29)(H,25,31)(H,26,30)(H,27,28)(H,32,33). The minimum Gasteiger partial charge on any atom is -0.481 e. The summed E-state index contributed by atoms with van der Waals surface area (Å²) in [6.45, 7) is 0.460. The van der Waals surface area contributed by atoms with E-state index in [4.69, 9.17) is 21.7 Å². The Hall–Kier alpha value is -3.17. The molecule has 4 unspecified atom stereocenters. The molecule has 1 rings (SSSR count). The highest BCUT2D eigenvalue weighted by molar-refractivity contribution is 7.80. The van der Waals surface area contributed by atoms with Crippen molar-refractivity contribution in [2.24, 2.45) is 11.5 Å². The quantitative estimate of drug-likeness (QED) is 0.0841. The Morgan fingerprint density at radius 2 is 1.62 bits per heavy atom. The Bertz CT molecular complexity index is 837. The van der Waals surface area contributed by atoms with Gasteiger partial charge in [-0.05, 0) is 19.4 Å². The summed E-state index contributed by atoms with van der Waals surface area (Å²) < 4.78 is 0. The molecule has 1 heterocycles. The molecule has 15 heteroatoms. The van der Waals surface area contributed by atoms with Crippen molar-refractivity contribution >= 4 is 42.3 Å². The van der Waals surface area contributed by atoms with Crippen LogP contribution >= 0.6 is 12.6 Å². The predicted octanol–water partition coefficient (Wildman–Crippen LogP) is -2.65. The number of nitrogens with zero attached hydrogens (tertiary/aromatic N) is 1. The Morgan fingerprint density at radius 1 is 1.00 bits per heavy atom. The van der Waals surface area contributed by atoms with Gasteiger partial charge in [0, 0.05) is 24.1 Å². The van der Waals surface area contributed by atoms with Crippen molar-refractivity contribution in [1.82, 2.24) is 25.9 Å². The Morgan fingerprint density at radius 3 is 2.15 bits per heavy atom. The molecule has 4 atom stereocenters. The van der Waals surface area contributed by atoms with E-state index in [1.807, 2.05) is 0 Å². The van der Waals surface area contributed by atoms with Gasteiger partial charge in [0.05, 0.1) is 18.8 Å². The maximum Gasteiger partial charge on any atom is 0.326 e. The molecule has 190 valence electrons. The van der Waals surface area contributed by atoms with Crippen LogP contribution in [0.15, 0.2) is 12.5 Å². The molecule has 0 aliphatic carbocycles. The van der Waals surface area contributed by atoms with Crippen LogP contribution in [0.1, 0.15) is 31.4 Å². The lowest BCUT2D eigenvalue weighted by molar-refractivity contribution is -0.147. The summed E-state index contributed by atoms with van der Waals surface area (Å²) in [4.78, 5) is 66.6. The lowest BCUT2D eigenvalue weighted by Crippen LogP contribution is -2.58. The number of aromatic nitrogens is 2. The molecular formula is C19H31N7O7S. The molecule has 0 aliphatic rings. The van der Waals surface area contributed by atoms with Crippen molar-refractivity contribution < 1.29 is 34.2 Å². The monoisotopic (exact) mass is 501 g/mol. The van der Waals surface area contributed by atoms with E-state index in [9.17, 15) is 24.0 Å². The second-order valence-electron chi connectivity index (χ2n) is 7.47. The van der Waals surface area contributed by atoms with E-state index >= 15 is 0 Å². The van der Waals surface area contributed by atoms with Crippen molar-refractivity contribution in [3.63, 3.8) is 0 Å². The first-order valence-corrected chi connectivity index (χ1v) is 11.1. The topological polar surface area (TPSA) is 243 Å². The van der Waals surface area contributed by atoms with Crippen LogP contribution in [0.3, 0.4) is 0 Å². The third-order valence-electron chi connectivity index (χ3n) is 4.73. The van der Waals surface area contributed by atoms with E-state index in [2.05, 4.69) is 38.5 Å². The molecule has 1 aromatic heterocycles.